The Labute approximate surface area is 159 Å². The van der Waals surface area contributed by atoms with E-state index in [0.717, 1.165) is 24.3 Å². The molecule has 2 heteroatoms. The third-order valence-electron chi connectivity index (χ3n) is 4.28. The summed E-state index contributed by atoms with van der Waals surface area (Å²) < 4.78 is 0. The Hall–Kier alpha value is -2.09. The number of hydrogen-bond acceptors (Lipinski definition) is 1. The van der Waals surface area contributed by atoms with Gasteiger partial charge in [-0.25, -0.2) is 4.79 Å². The van der Waals surface area contributed by atoms with Crippen molar-refractivity contribution in [3.63, 3.8) is 0 Å². The summed E-state index contributed by atoms with van der Waals surface area (Å²) in [5, 5.41) is 9.01. The summed E-state index contributed by atoms with van der Waals surface area (Å²) in [4.78, 5) is 11.0. The van der Waals surface area contributed by atoms with Gasteiger partial charge >= 0.3 is 5.97 Å². The van der Waals surface area contributed by atoms with Gasteiger partial charge in [0.2, 0.25) is 0 Å². The van der Waals surface area contributed by atoms with Crippen molar-refractivity contribution in [2.24, 2.45) is 5.92 Å². The minimum Gasteiger partial charge on any atom is -0.478 e. The maximum absolute atomic E-state index is 11.0. The quantitative estimate of drug-likeness (QED) is 0.504. The molecular formula is C24H34O2. The van der Waals surface area contributed by atoms with E-state index < -0.39 is 5.97 Å². The largest absolute Gasteiger partial charge is 0.478 e. The molecule has 2 aromatic carbocycles. The SMILES string of the molecule is CC(C)Cc1ccccc1.CCCCCCCc1ccccc1C(=O)O. The summed E-state index contributed by atoms with van der Waals surface area (Å²) in [7, 11) is 0. The van der Waals surface area contributed by atoms with Gasteiger partial charge in [-0.05, 0) is 42.4 Å². The van der Waals surface area contributed by atoms with Crippen molar-refractivity contribution >= 4 is 5.97 Å². The second kappa shape index (κ2) is 13.2. The number of carboxylic acid groups (broad SMARTS) is 1. The maximum Gasteiger partial charge on any atom is 0.335 e. The van der Waals surface area contributed by atoms with Crippen LogP contribution >= 0.6 is 0 Å². The van der Waals surface area contributed by atoms with Gasteiger partial charge in [0.15, 0.2) is 0 Å². The molecule has 0 amide bonds. The van der Waals surface area contributed by atoms with Gasteiger partial charge < -0.3 is 5.11 Å². The van der Waals surface area contributed by atoms with Gasteiger partial charge in [0.1, 0.15) is 0 Å². The van der Waals surface area contributed by atoms with Crippen molar-refractivity contribution in [3.05, 3.63) is 71.3 Å². The summed E-state index contributed by atoms with van der Waals surface area (Å²) in [5.41, 5.74) is 2.86. The predicted molar refractivity (Wildman–Crippen MR) is 111 cm³/mol. The van der Waals surface area contributed by atoms with Crippen LogP contribution in [0, 0.1) is 5.92 Å². The Kier molecular flexibility index (Phi) is 11.1. The van der Waals surface area contributed by atoms with E-state index in [4.69, 9.17) is 5.11 Å². The highest BCUT2D eigenvalue weighted by atomic mass is 16.4. The Morgan fingerprint density at radius 1 is 0.885 bits per heavy atom. The zero-order chi connectivity index (χ0) is 19.2. The summed E-state index contributed by atoms with van der Waals surface area (Å²) in [6.07, 6.45) is 8.14. The smallest absolute Gasteiger partial charge is 0.335 e. The number of hydrogen-bond donors (Lipinski definition) is 1. The molecule has 2 nitrogen and oxygen atoms in total. The highest BCUT2D eigenvalue weighted by molar-refractivity contribution is 5.89. The first-order chi connectivity index (χ1) is 12.5. The van der Waals surface area contributed by atoms with E-state index in [9.17, 15) is 4.79 Å². The van der Waals surface area contributed by atoms with Crippen LogP contribution in [0.15, 0.2) is 54.6 Å². The first kappa shape index (κ1) is 22.0. The van der Waals surface area contributed by atoms with Crippen molar-refractivity contribution in [1.29, 1.82) is 0 Å². The van der Waals surface area contributed by atoms with E-state index in [0.29, 0.717) is 5.56 Å². The van der Waals surface area contributed by atoms with E-state index in [1.807, 2.05) is 12.1 Å². The second-order valence-corrected chi connectivity index (χ2v) is 7.21. The molecule has 0 aliphatic heterocycles. The monoisotopic (exact) mass is 354 g/mol. The van der Waals surface area contributed by atoms with Gasteiger partial charge in [-0.2, -0.15) is 0 Å². The van der Waals surface area contributed by atoms with Crippen LogP contribution in [0.3, 0.4) is 0 Å². The average molecular weight is 355 g/mol. The van der Waals surface area contributed by atoms with Crippen LogP contribution in [0.4, 0.5) is 0 Å². The summed E-state index contributed by atoms with van der Waals surface area (Å²) in [6, 6.07) is 17.9. The van der Waals surface area contributed by atoms with E-state index in [1.54, 1.807) is 12.1 Å². The van der Waals surface area contributed by atoms with Crippen molar-refractivity contribution in [2.45, 2.75) is 65.7 Å². The molecule has 26 heavy (non-hydrogen) atoms. The number of rotatable bonds is 9. The van der Waals surface area contributed by atoms with E-state index in [1.165, 1.54) is 37.7 Å². The Bertz CT molecular complexity index is 617. The fraction of sp³-hybridized carbons (Fsp3) is 0.458. The number of carbonyl (C=O) groups is 1. The van der Waals surface area contributed by atoms with Crippen LogP contribution in [0.5, 0.6) is 0 Å². The lowest BCUT2D eigenvalue weighted by Crippen LogP contribution is -2.02. The lowest BCUT2D eigenvalue weighted by atomic mass is 10.0. The minimum atomic E-state index is -0.816. The molecule has 0 atom stereocenters. The molecule has 0 saturated heterocycles. The number of benzene rings is 2. The van der Waals surface area contributed by atoms with Crippen molar-refractivity contribution < 1.29 is 9.90 Å². The van der Waals surface area contributed by atoms with Crippen LogP contribution in [-0.2, 0) is 12.8 Å². The summed E-state index contributed by atoms with van der Waals surface area (Å²) in [6.45, 7) is 6.68. The van der Waals surface area contributed by atoms with E-state index in [-0.39, 0.29) is 0 Å². The molecule has 0 aromatic heterocycles. The van der Waals surface area contributed by atoms with Crippen LogP contribution in [0.2, 0.25) is 0 Å². The Morgan fingerprint density at radius 2 is 1.50 bits per heavy atom. The molecule has 2 rings (SSSR count). The molecular weight excluding hydrogens is 320 g/mol. The van der Waals surface area contributed by atoms with Crippen molar-refractivity contribution in [2.75, 3.05) is 0 Å². The van der Waals surface area contributed by atoms with E-state index in [2.05, 4.69) is 51.1 Å². The standard InChI is InChI=1S/C14H20O2.C10H14/c1-2-3-4-5-6-9-12-10-7-8-11-13(12)14(15)16;1-9(2)8-10-6-4-3-5-7-10/h7-8,10-11H,2-6,9H2,1H3,(H,15,16);3-7,9H,8H2,1-2H3. The van der Waals surface area contributed by atoms with Gasteiger partial charge in [-0.3, -0.25) is 0 Å². The maximum atomic E-state index is 11.0. The first-order valence-electron chi connectivity index (χ1n) is 9.89. The third kappa shape index (κ3) is 9.41. The van der Waals surface area contributed by atoms with Crippen LogP contribution in [0.1, 0.15) is 74.4 Å². The van der Waals surface area contributed by atoms with Crippen molar-refractivity contribution in [3.8, 4) is 0 Å². The van der Waals surface area contributed by atoms with Gasteiger partial charge in [0.25, 0.3) is 0 Å². The van der Waals surface area contributed by atoms with Crippen LogP contribution in [-0.4, -0.2) is 11.1 Å². The molecule has 0 aliphatic carbocycles. The number of unbranched alkanes of at least 4 members (excludes halogenated alkanes) is 4. The van der Waals surface area contributed by atoms with Gasteiger partial charge in [-0.1, -0.05) is 95.0 Å². The average Bonchev–Trinajstić information content (AvgIpc) is 2.62. The van der Waals surface area contributed by atoms with Crippen LogP contribution < -0.4 is 0 Å². The zero-order valence-electron chi connectivity index (χ0n) is 16.6. The molecule has 2 aromatic rings. The highest BCUT2D eigenvalue weighted by Gasteiger charge is 2.07. The molecule has 0 radical (unpaired) electrons. The highest BCUT2D eigenvalue weighted by Crippen LogP contribution is 2.13. The first-order valence-corrected chi connectivity index (χ1v) is 9.89. The molecule has 0 saturated carbocycles. The summed E-state index contributed by atoms with van der Waals surface area (Å²) >= 11 is 0. The molecule has 0 spiro atoms. The van der Waals surface area contributed by atoms with Gasteiger partial charge in [-0.15, -0.1) is 0 Å². The zero-order valence-corrected chi connectivity index (χ0v) is 16.6. The normalized spacial score (nSPS) is 10.3. The Balaban J connectivity index is 0.000000289. The molecule has 1 N–H and O–H groups in total. The molecule has 0 heterocycles. The fourth-order valence-corrected chi connectivity index (χ4v) is 2.95. The molecule has 0 unspecified atom stereocenters. The minimum absolute atomic E-state index is 0.456. The van der Waals surface area contributed by atoms with E-state index >= 15 is 0 Å². The number of carboxylic acids is 1. The van der Waals surface area contributed by atoms with Crippen LogP contribution in [0.25, 0.3) is 0 Å². The fourth-order valence-electron chi connectivity index (χ4n) is 2.95. The predicted octanol–water partition coefficient (Wildman–Crippen LogP) is 6.78. The Morgan fingerprint density at radius 3 is 2.12 bits per heavy atom. The molecule has 0 aliphatic rings. The third-order valence-corrected chi connectivity index (χ3v) is 4.28. The molecule has 0 bridgehead atoms. The second-order valence-electron chi connectivity index (χ2n) is 7.21. The molecule has 0 fully saturated rings. The van der Waals surface area contributed by atoms with Gasteiger partial charge in [0.05, 0.1) is 5.56 Å². The summed E-state index contributed by atoms with van der Waals surface area (Å²) in [5.74, 6) is -0.0495. The number of aromatic carboxylic acids is 1. The lowest BCUT2D eigenvalue weighted by molar-refractivity contribution is 0.0695. The van der Waals surface area contributed by atoms with Crippen molar-refractivity contribution in [1.82, 2.24) is 0 Å². The molecule has 142 valence electrons. The number of aryl methyl sites for hydroxylation is 1. The lowest BCUT2D eigenvalue weighted by Gasteiger charge is -2.05. The topological polar surface area (TPSA) is 37.3 Å². The van der Waals surface area contributed by atoms with Gasteiger partial charge in [0, 0.05) is 0 Å².